The highest BCUT2D eigenvalue weighted by Gasteiger charge is 2.34. The minimum absolute atomic E-state index is 0.292. The summed E-state index contributed by atoms with van der Waals surface area (Å²) in [5.41, 5.74) is 1.00. The van der Waals surface area contributed by atoms with Gasteiger partial charge < -0.3 is 9.47 Å². The summed E-state index contributed by atoms with van der Waals surface area (Å²) in [5.74, 6) is 0.648. The van der Waals surface area contributed by atoms with Crippen molar-refractivity contribution in [2.75, 3.05) is 13.2 Å². The standard InChI is InChI=1S/C18H20N2O4S2/c1-12(2)26(21,22)20-16-10-23-11-17(16)24-14-5-3-13(4-6-14)18-8-7-15(9-19)25-18/h3-8,12,16-17,20H,10-11H2,1-2H3. The maximum Gasteiger partial charge on any atom is 0.214 e. The van der Waals surface area contributed by atoms with Gasteiger partial charge in [0, 0.05) is 4.88 Å². The molecule has 3 rings (SSSR count). The third-order valence-electron chi connectivity index (χ3n) is 4.11. The molecule has 0 radical (unpaired) electrons. The molecule has 8 heteroatoms. The highest BCUT2D eigenvalue weighted by atomic mass is 32.2. The van der Waals surface area contributed by atoms with Gasteiger partial charge in [0.05, 0.1) is 24.5 Å². The molecule has 1 saturated heterocycles. The number of sulfonamides is 1. The monoisotopic (exact) mass is 392 g/mol. The average molecular weight is 393 g/mol. The highest BCUT2D eigenvalue weighted by Crippen LogP contribution is 2.29. The Labute approximate surface area is 157 Å². The van der Waals surface area contributed by atoms with Crippen LogP contribution in [0.3, 0.4) is 0 Å². The van der Waals surface area contributed by atoms with Gasteiger partial charge in [0.1, 0.15) is 22.8 Å². The Morgan fingerprint density at radius 2 is 1.96 bits per heavy atom. The predicted molar refractivity (Wildman–Crippen MR) is 101 cm³/mol. The summed E-state index contributed by atoms with van der Waals surface area (Å²) in [4.78, 5) is 1.68. The van der Waals surface area contributed by atoms with E-state index in [2.05, 4.69) is 10.8 Å². The SMILES string of the molecule is CC(C)S(=O)(=O)NC1COCC1Oc1ccc(-c2ccc(C#N)s2)cc1. The van der Waals surface area contributed by atoms with Crippen molar-refractivity contribution in [2.24, 2.45) is 0 Å². The molecule has 2 aromatic rings. The molecule has 1 aromatic carbocycles. The van der Waals surface area contributed by atoms with E-state index in [9.17, 15) is 8.42 Å². The summed E-state index contributed by atoms with van der Waals surface area (Å²) < 4.78 is 38.1. The summed E-state index contributed by atoms with van der Waals surface area (Å²) in [6.07, 6.45) is -0.374. The van der Waals surface area contributed by atoms with E-state index in [1.165, 1.54) is 11.3 Å². The first-order chi connectivity index (χ1) is 12.4. The van der Waals surface area contributed by atoms with Crippen molar-refractivity contribution in [2.45, 2.75) is 31.2 Å². The van der Waals surface area contributed by atoms with E-state index < -0.39 is 21.3 Å². The summed E-state index contributed by atoms with van der Waals surface area (Å²) in [7, 11) is -3.38. The first-order valence-electron chi connectivity index (χ1n) is 8.25. The summed E-state index contributed by atoms with van der Waals surface area (Å²) in [5, 5.41) is 8.41. The zero-order chi connectivity index (χ0) is 18.7. The number of thiophene rings is 1. The molecule has 2 heterocycles. The molecule has 1 fully saturated rings. The van der Waals surface area contributed by atoms with Crippen LogP contribution in [0.2, 0.25) is 0 Å². The lowest BCUT2D eigenvalue weighted by atomic mass is 10.2. The van der Waals surface area contributed by atoms with Crippen LogP contribution in [0.25, 0.3) is 10.4 Å². The fourth-order valence-electron chi connectivity index (χ4n) is 2.53. The van der Waals surface area contributed by atoms with E-state index in [0.717, 1.165) is 10.4 Å². The number of nitrogens with one attached hydrogen (secondary N) is 1. The largest absolute Gasteiger partial charge is 0.486 e. The Hall–Kier alpha value is -1.92. The van der Waals surface area contributed by atoms with Crippen molar-refractivity contribution in [3.05, 3.63) is 41.3 Å². The molecule has 1 N–H and O–H groups in total. The number of nitrogens with zero attached hydrogens (tertiary/aromatic N) is 1. The Morgan fingerprint density at radius 3 is 2.58 bits per heavy atom. The van der Waals surface area contributed by atoms with Crippen LogP contribution in [0.15, 0.2) is 36.4 Å². The average Bonchev–Trinajstić information content (AvgIpc) is 3.25. The molecule has 0 aliphatic carbocycles. The number of hydrogen-bond donors (Lipinski definition) is 1. The van der Waals surface area contributed by atoms with Crippen LogP contribution in [0.4, 0.5) is 0 Å². The van der Waals surface area contributed by atoms with Gasteiger partial charge in [-0.2, -0.15) is 5.26 Å². The second-order valence-electron chi connectivity index (χ2n) is 6.31. The predicted octanol–water partition coefficient (Wildman–Crippen LogP) is 2.76. The van der Waals surface area contributed by atoms with Gasteiger partial charge in [-0.25, -0.2) is 13.1 Å². The minimum atomic E-state index is -3.38. The second kappa shape index (κ2) is 7.76. The van der Waals surface area contributed by atoms with Gasteiger partial charge in [-0.15, -0.1) is 11.3 Å². The van der Waals surface area contributed by atoms with Crippen molar-refractivity contribution < 1.29 is 17.9 Å². The van der Waals surface area contributed by atoms with E-state index in [0.29, 0.717) is 23.8 Å². The minimum Gasteiger partial charge on any atom is -0.486 e. The zero-order valence-corrected chi connectivity index (χ0v) is 16.1. The van der Waals surface area contributed by atoms with Crippen LogP contribution in [-0.2, 0) is 14.8 Å². The van der Waals surface area contributed by atoms with Crippen molar-refractivity contribution in [3.8, 4) is 22.3 Å². The molecule has 0 bridgehead atoms. The second-order valence-corrected chi connectivity index (χ2v) is 9.66. The molecular formula is C18H20N2O4S2. The first-order valence-corrected chi connectivity index (χ1v) is 10.6. The van der Waals surface area contributed by atoms with E-state index in [-0.39, 0.29) is 6.10 Å². The molecule has 1 aromatic heterocycles. The zero-order valence-electron chi connectivity index (χ0n) is 14.5. The Bertz CT molecular complexity index is 898. The lowest BCUT2D eigenvalue weighted by Gasteiger charge is -2.21. The molecule has 2 atom stereocenters. The summed E-state index contributed by atoms with van der Waals surface area (Å²) in [6.45, 7) is 3.90. The highest BCUT2D eigenvalue weighted by molar-refractivity contribution is 7.90. The van der Waals surface area contributed by atoms with Gasteiger partial charge in [-0.05, 0) is 55.8 Å². The Morgan fingerprint density at radius 1 is 1.23 bits per heavy atom. The normalized spacial score (nSPS) is 20.2. The number of hydrogen-bond acceptors (Lipinski definition) is 6. The molecule has 1 aliphatic rings. The van der Waals surface area contributed by atoms with Crippen LogP contribution >= 0.6 is 11.3 Å². The van der Waals surface area contributed by atoms with Crippen molar-refractivity contribution >= 4 is 21.4 Å². The fourth-order valence-corrected chi connectivity index (χ4v) is 4.26. The molecule has 1 aliphatic heterocycles. The van der Waals surface area contributed by atoms with Gasteiger partial charge in [0.2, 0.25) is 10.0 Å². The van der Waals surface area contributed by atoms with Crippen LogP contribution in [0, 0.1) is 11.3 Å². The Balaban J connectivity index is 1.67. The smallest absolute Gasteiger partial charge is 0.214 e. The van der Waals surface area contributed by atoms with Gasteiger partial charge >= 0.3 is 0 Å². The number of nitriles is 1. The molecule has 0 amide bonds. The Kier molecular flexibility index (Phi) is 5.63. The fraction of sp³-hybridized carbons (Fsp3) is 0.389. The van der Waals surface area contributed by atoms with Crippen LogP contribution in [0.1, 0.15) is 18.7 Å². The van der Waals surface area contributed by atoms with Gasteiger partial charge in [-0.3, -0.25) is 0 Å². The van der Waals surface area contributed by atoms with Crippen LogP contribution in [-0.4, -0.2) is 39.0 Å². The van der Waals surface area contributed by atoms with Crippen LogP contribution in [0.5, 0.6) is 5.75 Å². The quantitative estimate of drug-likeness (QED) is 0.817. The van der Waals surface area contributed by atoms with Crippen LogP contribution < -0.4 is 9.46 Å². The number of benzene rings is 1. The first kappa shape index (κ1) is 18.9. The van der Waals surface area contributed by atoms with E-state index in [4.69, 9.17) is 14.7 Å². The van der Waals surface area contributed by atoms with Crippen molar-refractivity contribution in [1.82, 2.24) is 4.72 Å². The molecule has 138 valence electrons. The molecule has 2 unspecified atom stereocenters. The summed E-state index contributed by atoms with van der Waals surface area (Å²) in [6, 6.07) is 13.0. The third kappa shape index (κ3) is 4.24. The third-order valence-corrected chi connectivity index (χ3v) is 7.02. The summed E-state index contributed by atoms with van der Waals surface area (Å²) >= 11 is 1.44. The van der Waals surface area contributed by atoms with E-state index in [1.54, 1.807) is 19.9 Å². The lowest BCUT2D eigenvalue weighted by Crippen LogP contribution is -2.47. The van der Waals surface area contributed by atoms with Gasteiger partial charge in [0.15, 0.2) is 0 Å². The maximum absolute atomic E-state index is 12.1. The van der Waals surface area contributed by atoms with E-state index in [1.807, 2.05) is 30.3 Å². The number of ether oxygens (including phenoxy) is 2. The van der Waals surface area contributed by atoms with Gasteiger partial charge in [-0.1, -0.05) is 0 Å². The molecule has 0 saturated carbocycles. The van der Waals surface area contributed by atoms with E-state index >= 15 is 0 Å². The molecule has 0 spiro atoms. The molecule has 26 heavy (non-hydrogen) atoms. The van der Waals surface area contributed by atoms with Gasteiger partial charge in [0.25, 0.3) is 0 Å². The maximum atomic E-state index is 12.1. The van der Waals surface area contributed by atoms with Crippen molar-refractivity contribution in [3.63, 3.8) is 0 Å². The molecule has 6 nitrogen and oxygen atoms in total. The topological polar surface area (TPSA) is 88.4 Å². The lowest BCUT2D eigenvalue weighted by molar-refractivity contribution is 0.140. The molecular weight excluding hydrogens is 372 g/mol. The van der Waals surface area contributed by atoms with Crippen molar-refractivity contribution in [1.29, 1.82) is 5.26 Å². The number of rotatable bonds is 6.